The SMILES string of the molecule is CC(=O)c1cc(C#N)c(SCC(=O)N(Cc2ccc(F)cc2)C2CCCCC2)nc1C. The molecule has 1 saturated carbocycles. The van der Waals surface area contributed by atoms with Gasteiger partial charge in [0.15, 0.2) is 5.78 Å². The second-order valence-corrected chi connectivity index (χ2v) is 8.83. The van der Waals surface area contributed by atoms with E-state index in [0.717, 1.165) is 31.2 Å². The molecule has 0 spiro atoms. The molecule has 1 aliphatic rings. The molecule has 7 heteroatoms. The van der Waals surface area contributed by atoms with Crippen molar-refractivity contribution in [2.75, 3.05) is 5.75 Å². The third-order valence-corrected chi connectivity index (χ3v) is 6.59. The second kappa shape index (κ2) is 10.5. The fraction of sp³-hybridized carbons (Fsp3) is 0.417. The number of hydrogen-bond acceptors (Lipinski definition) is 5. The van der Waals surface area contributed by atoms with Crippen LogP contribution in [0.25, 0.3) is 0 Å². The van der Waals surface area contributed by atoms with E-state index in [1.165, 1.54) is 37.2 Å². The van der Waals surface area contributed by atoms with E-state index in [9.17, 15) is 19.2 Å². The number of aryl methyl sites for hydroxylation is 1. The number of nitriles is 1. The Hall–Kier alpha value is -2.72. The average Bonchev–Trinajstić information content (AvgIpc) is 2.77. The van der Waals surface area contributed by atoms with Gasteiger partial charge >= 0.3 is 0 Å². The van der Waals surface area contributed by atoms with Gasteiger partial charge in [-0.15, -0.1) is 0 Å². The predicted molar refractivity (Wildman–Crippen MR) is 118 cm³/mol. The highest BCUT2D eigenvalue weighted by atomic mass is 32.2. The molecule has 2 aromatic rings. The van der Waals surface area contributed by atoms with Crippen molar-refractivity contribution >= 4 is 23.5 Å². The summed E-state index contributed by atoms with van der Waals surface area (Å²) in [5.74, 6) is -0.315. The zero-order valence-corrected chi connectivity index (χ0v) is 18.7. The monoisotopic (exact) mass is 439 g/mol. The van der Waals surface area contributed by atoms with Gasteiger partial charge in [-0.25, -0.2) is 9.37 Å². The highest BCUT2D eigenvalue weighted by Crippen LogP contribution is 2.27. The number of rotatable bonds is 7. The van der Waals surface area contributed by atoms with Crippen molar-refractivity contribution in [2.24, 2.45) is 0 Å². The summed E-state index contributed by atoms with van der Waals surface area (Å²) in [6.07, 6.45) is 5.30. The first-order valence-electron chi connectivity index (χ1n) is 10.5. The van der Waals surface area contributed by atoms with Gasteiger partial charge in [-0.2, -0.15) is 5.26 Å². The van der Waals surface area contributed by atoms with Crippen LogP contribution >= 0.6 is 11.8 Å². The van der Waals surface area contributed by atoms with Gasteiger partial charge in [0, 0.05) is 23.8 Å². The molecule has 1 fully saturated rings. The number of amides is 1. The molecule has 0 aliphatic heterocycles. The number of carbonyl (C=O) groups excluding carboxylic acids is 2. The van der Waals surface area contributed by atoms with Crippen molar-refractivity contribution in [3.05, 3.63) is 58.5 Å². The van der Waals surface area contributed by atoms with Crippen molar-refractivity contribution in [1.29, 1.82) is 5.26 Å². The molecule has 31 heavy (non-hydrogen) atoms. The Morgan fingerprint density at radius 1 is 1.23 bits per heavy atom. The lowest BCUT2D eigenvalue weighted by Crippen LogP contribution is -2.42. The summed E-state index contributed by atoms with van der Waals surface area (Å²) in [4.78, 5) is 31.2. The highest BCUT2D eigenvalue weighted by molar-refractivity contribution is 8.00. The first-order chi connectivity index (χ1) is 14.9. The molecule has 1 aromatic heterocycles. The number of aromatic nitrogens is 1. The average molecular weight is 440 g/mol. The van der Waals surface area contributed by atoms with Crippen LogP contribution in [0.1, 0.15) is 66.2 Å². The number of Topliss-reactive ketones (excluding diaryl/α,β-unsaturated/α-hetero) is 1. The summed E-state index contributed by atoms with van der Waals surface area (Å²) < 4.78 is 13.3. The van der Waals surface area contributed by atoms with Gasteiger partial charge in [0.05, 0.1) is 11.3 Å². The number of pyridine rings is 1. The lowest BCUT2D eigenvalue weighted by molar-refractivity contribution is -0.132. The molecule has 0 saturated heterocycles. The molecule has 5 nitrogen and oxygen atoms in total. The van der Waals surface area contributed by atoms with Crippen molar-refractivity contribution in [3.63, 3.8) is 0 Å². The molecule has 0 unspecified atom stereocenters. The van der Waals surface area contributed by atoms with Crippen LogP contribution < -0.4 is 0 Å². The standard InChI is InChI=1S/C24H26FN3O2S/c1-16-22(17(2)29)12-19(13-26)24(27-16)31-15-23(30)28(21-6-4-3-5-7-21)14-18-8-10-20(25)11-9-18/h8-12,21H,3-7,14-15H2,1-2H3. The summed E-state index contributed by atoms with van der Waals surface area (Å²) in [6.45, 7) is 3.61. The van der Waals surface area contributed by atoms with E-state index < -0.39 is 0 Å². The maximum Gasteiger partial charge on any atom is 0.233 e. The van der Waals surface area contributed by atoms with Crippen LogP contribution in [0.3, 0.4) is 0 Å². The molecule has 1 aromatic carbocycles. The number of halogens is 1. The Morgan fingerprint density at radius 3 is 2.52 bits per heavy atom. The fourth-order valence-electron chi connectivity index (χ4n) is 3.94. The van der Waals surface area contributed by atoms with Gasteiger partial charge in [0.1, 0.15) is 16.9 Å². The van der Waals surface area contributed by atoms with E-state index in [4.69, 9.17) is 0 Å². The Morgan fingerprint density at radius 2 is 1.90 bits per heavy atom. The van der Waals surface area contributed by atoms with Gasteiger partial charge in [-0.3, -0.25) is 9.59 Å². The number of carbonyl (C=O) groups is 2. The zero-order chi connectivity index (χ0) is 22.4. The quantitative estimate of drug-likeness (QED) is 0.445. The molecule has 0 atom stereocenters. The minimum Gasteiger partial charge on any atom is -0.335 e. The topological polar surface area (TPSA) is 74.1 Å². The fourth-order valence-corrected chi connectivity index (χ4v) is 4.83. The number of thioether (sulfide) groups is 1. The molecule has 3 rings (SSSR count). The summed E-state index contributed by atoms with van der Waals surface area (Å²) in [5, 5.41) is 9.93. The van der Waals surface area contributed by atoms with Gasteiger partial charge in [0.25, 0.3) is 0 Å². The van der Waals surface area contributed by atoms with E-state index >= 15 is 0 Å². The third-order valence-electron chi connectivity index (χ3n) is 5.61. The van der Waals surface area contributed by atoms with Crippen LogP contribution in [0.4, 0.5) is 4.39 Å². The molecule has 1 heterocycles. The van der Waals surface area contributed by atoms with Crippen molar-refractivity contribution in [3.8, 4) is 6.07 Å². The summed E-state index contributed by atoms with van der Waals surface area (Å²) in [6, 6.07) is 10.0. The Labute approximate surface area is 186 Å². The normalized spacial score (nSPS) is 14.1. The zero-order valence-electron chi connectivity index (χ0n) is 17.9. The molecule has 1 aliphatic carbocycles. The predicted octanol–water partition coefficient (Wildman–Crippen LogP) is 5.06. The van der Waals surface area contributed by atoms with E-state index in [-0.39, 0.29) is 29.3 Å². The number of nitrogens with zero attached hydrogens (tertiary/aromatic N) is 3. The largest absolute Gasteiger partial charge is 0.335 e. The summed E-state index contributed by atoms with van der Waals surface area (Å²) in [5.41, 5.74) is 2.17. The van der Waals surface area contributed by atoms with Crippen LogP contribution in [0, 0.1) is 24.1 Å². The molecular weight excluding hydrogens is 413 g/mol. The Bertz CT molecular complexity index is 995. The molecule has 162 valence electrons. The van der Waals surface area contributed by atoms with Crippen LogP contribution in [-0.4, -0.2) is 33.4 Å². The maximum atomic E-state index is 13.3. The maximum absolute atomic E-state index is 13.3. The van der Waals surface area contributed by atoms with Gasteiger partial charge < -0.3 is 4.90 Å². The molecule has 1 amide bonds. The van der Waals surface area contributed by atoms with Crippen LogP contribution in [0.15, 0.2) is 35.4 Å². The van der Waals surface area contributed by atoms with Crippen LogP contribution in [0.5, 0.6) is 0 Å². The first kappa shape index (κ1) is 23.0. The number of hydrogen-bond donors (Lipinski definition) is 0. The van der Waals surface area contributed by atoms with Crippen molar-refractivity contribution in [1.82, 2.24) is 9.88 Å². The van der Waals surface area contributed by atoms with Crippen LogP contribution in [0.2, 0.25) is 0 Å². The van der Waals surface area contributed by atoms with Gasteiger partial charge in [0.2, 0.25) is 5.91 Å². The Balaban J connectivity index is 1.77. The van der Waals surface area contributed by atoms with Crippen LogP contribution in [-0.2, 0) is 11.3 Å². The highest BCUT2D eigenvalue weighted by Gasteiger charge is 2.26. The number of benzene rings is 1. The van der Waals surface area contributed by atoms with E-state index in [0.29, 0.717) is 28.4 Å². The summed E-state index contributed by atoms with van der Waals surface area (Å²) >= 11 is 1.22. The van der Waals surface area contributed by atoms with Gasteiger partial charge in [-0.05, 0) is 50.5 Å². The molecular formula is C24H26FN3O2S. The summed E-state index contributed by atoms with van der Waals surface area (Å²) in [7, 11) is 0. The lowest BCUT2D eigenvalue weighted by Gasteiger charge is -2.34. The van der Waals surface area contributed by atoms with Gasteiger partial charge in [-0.1, -0.05) is 43.2 Å². The van der Waals surface area contributed by atoms with E-state index in [1.807, 2.05) is 4.90 Å². The minimum atomic E-state index is -0.297. The van der Waals surface area contributed by atoms with Crippen molar-refractivity contribution in [2.45, 2.75) is 63.6 Å². The van der Waals surface area contributed by atoms with E-state index in [1.54, 1.807) is 25.1 Å². The van der Waals surface area contributed by atoms with E-state index in [2.05, 4.69) is 11.1 Å². The smallest absolute Gasteiger partial charge is 0.233 e. The van der Waals surface area contributed by atoms with Crippen molar-refractivity contribution < 1.29 is 14.0 Å². The lowest BCUT2D eigenvalue weighted by atomic mass is 9.94. The molecule has 0 bridgehead atoms. The Kier molecular flexibility index (Phi) is 7.80. The minimum absolute atomic E-state index is 0.0276. The molecule has 0 N–H and O–H groups in total. The molecule has 0 radical (unpaired) electrons. The second-order valence-electron chi connectivity index (χ2n) is 7.87. The third kappa shape index (κ3) is 5.92. The number of ketones is 1. The first-order valence-corrected chi connectivity index (χ1v) is 11.5.